The van der Waals surface area contributed by atoms with Crippen molar-refractivity contribution in [2.45, 2.75) is 6.10 Å². The van der Waals surface area contributed by atoms with E-state index in [2.05, 4.69) is 41.8 Å². The fourth-order valence-electron chi connectivity index (χ4n) is 2.57. The zero-order valence-corrected chi connectivity index (χ0v) is 18.6. The maximum Gasteiger partial charge on any atom is 0.140 e. The molecular weight excluding hydrogens is 496 g/mol. The van der Waals surface area contributed by atoms with Crippen molar-refractivity contribution in [3.63, 3.8) is 0 Å². The smallest absolute Gasteiger partial charge is 0.140 e. The Morgan fingerprint density at radius 3 is 2.50 bits per heavy atom. The highest BCUT2D eigenvalue weighted by atomic mass is 79.9. The van der Waals surface area contributed by atoms with Crippen molar-refractivity contribution >= 4 is 43.3 Å². The van der Waals surface area contributed by atoms with Crippen LogP contribution in [-0.4, -0.2) is 48.4 Å². The van der Waals surface area contributed by atoms with Gasteiger partial charge >= 0.3 is 0 Å². The van der Waals surface area contributed by atoms with Gasteiger partial charge in [0.25, 0.3) is 0 Å². The maximum atomic E-state index is 5.64. The van der Waals surface area contributed by atoms with Gasteiger partial charge in [-0.1, -0.05) is 0 Å². The van der Waals surface area contributed by atoms with Crippen molar-refractivity contribution in [1.82, 2.24) is 14.4 Å². The number of imidazole rings is 1. The molecule has 1 saturated heterocycles. The Morgan fingerprint density at radius 2 is 1.86 bits per heavy atom. The monoisotopic (exact) mass is 514 g/mol. The second kappa shape index (κ2) is 9.55. The molecule has 0 amide bonds. The first-order valence-corrected chi connectivity index (χ1v) is 9.97. The van der Waals surface area contributed by atoms with Crippen LogP contribution < -0.4 is 15.2 Å². The Kier molecular flexibility index (Phi) is 7.11. The summed E-state index contributed by atoms with van der Waals surface area (Å²) in [5.41, 5.74) is 7.11. The predicted octanol–water partition coefficient (Wildman–Crippen LogP) is 3.63. The minimum atomic E-state index is -0.0802. The second-order valence-corrected chi connectivity index (χ2v) is 7.51. The number of methoxy groups -OCH3 is 2. The highest BCUT2D eigenvalue weighted by Crippen LogP contribution is 2.28. The van der Waals surface area contributed by atoms with Gasteiger partial charge in [-0.15, -0.1) is 0 Å². The standard InChI is InChI=1S/C12H13BrN2O3.C6H7BrN2O/c1-16-10-4-12-14-9(6-15(12)5-8(10)13)11-7-17-2-3-18-11;1-10-5-2-6(8)9-3-4(5)7/h4-6,11H,2-3,7H2,1H3;2-3H,1H3,(H2,8,9). The molecule has 4 heterocycles. The molecule has 0 spiro atoms. The number of hydrogen-bond donors (Lipinski definition) is 1. The van der Waals surface area contributed by atoms with E-state index in [-0.39, 0.29) is 6.10 Å². The SMILES string of the molecule is COc1cc(N)ncc1Br.COc1cc2nc(C3COCCO3)cn2cc1Br. The Morgan fingerprint density at radius 1 is 1.11 bits per heavy atom. The molecule has 1 aliphatic rings. The average molecular weight is 516 g/mol. The molecule has 2 N–H and O–H groups in total. The van der Waals surface area contributed by atoms with E-state index in [1.165, 1.54) is 0 Å². The third-order valence-electron chi connectivity index (χ3n) is 3.95. The summed E-state index contributed by atoms with van der Waals surface area (Å²) in [5, 5.41) is 0. The van der Waals surface area contributed by atoms with Crippen LogP contribution in [0.25, 0.3) is 5.65 Å². The molecule has 0 bridgehead atoms. The summed E-state index contributed by atoms with van der Waals surface area (Å²) in [6.45, 7) is 1.83. The number of fused-ring (bicyclic) bond motifs is 1. The van der Waals surface area contributed by atoms with Crippen LogP contribution in [0.5, 0.6) is 11.5 Å². The van der Waals surface area contributed by atoms with Crippen LogP contribution in [0, 0.1) is 0 Å². The second-order valence-electron chi connectivity index (χ2n) is 5.80. The Hall–Kier alpha value is -1.88. The molecule has 4 rings (SSSR count). The molecule has 0 saturated carbocycles. The molecule has 3 aromatic rings. The van der Waals surface area contributed by atoms with E-state index in [0.29, 0.717) is 31.4 Å². The minimum absolute atomic E-state index is 0.0802. The number of aromatic nitrogens is 3. The zero-order chi connectivity index (χ0) is 20.1. The molecule has 3 aromatic heterocycles. The van der Waals surface area contributed by atoms with E-state index in [1.54, 1.807) is 26.5 Å². The number of anilines is 1. The third kappa shape index (κ3) is 4.93. The van der Waals surface area contributed by atoms with E-state index >= 15 is 0 Å². The van der Waals surface area contributed by atoms with Gasteiger partial charge in [-0.2, -0.15) is 0 Å². The first kappa shape index (κ1) is 20.8. The predicted molar refractivity (Wildman–Crippen MR) is 112 cm³/mol. The Balaban J connectivity index is 0.000000192. The van der Waals surface area contributed by atoms with E-state index in [1.807, 2.05) is 22.9 Å². The van der Waals surface area contributed by atoms with Crippen LogP contribution in [0.4, 0.5) is 5.82 Å². The van der Waals surface area contributed by atoms with Gasteiger partial charge in [0.05, 0.1) is 48.7 Å². The fraction of sp³-hybridized carbons (Fsp3) is 0.333. The Bertz CT molecular complexity index is 945. The summed E-state index contributed by atoms with van der Waals surface area (Å²) in [4.78, 5) is 8.38. The first-order chi connectivity index (χ1) is 13.5. The van der Waals surface area contributed by atoms with E-state index in [0.717, 1.165) is 26.0 Å². The van der Waals surface area contributed by atoms with Gasteiger partial charge in [0.15, 0.2) is 0 Å². The molecule has 0 aromatic carbocycles. The van der Waals surface area contributed by atoms with E-state index in [4.69, 9.17) is 24.7 Å². The number of halogens is 2. The maximum absolute atomic E-state index is 5.64. The summed E-state index contributed by atoms with van der Waals surface area (Å²) in [6, 6.07) is 3.54. The van der Waals surface area contributed by atoms with Crippen molar-refractivity contribution < 1.29 is 18.9 Å². The van der Waals surface area contributed by atoms with Gasteiger partial charge in [-0.05, 0) is 31.9 Å². The topological polar surface area (TPSA) is 93.1 Å². The number of ether oxygens (including phenoxy) is 4. The molecule has 150 valence electrons. The number of nitrogens with zero attached hydrogens (tertiary/aromatic N) is 3. The molecule has 1 aliphatic heterocycles. The van der Waals surface area contributed by atoms with Crippen molar-refractivity contribution in [3.05, 3.63) is 45.4 Å². The van der Waals surface area contributed by atoms with Crippen molar-refractivity contribution in [2.24, 2.45) is 0 Å². The van der Waals surface area contributed by atoms with Crippen LogP contribution in [-0.2, 0) is 9.47 Å². The lowest BCUT2D eigenvalue weighted by atomic mass is 10.3. The van der Waals surface area contributed by atoms with Gasteiger partial charge in [-0.25, -0.2) is 9.97 Å². The van der Waals surface area contributed by atoms with E-state index < -0.39 is 0 Å². The molecule has 8 nitrogen and oxygen atoms in total. The van der Waals surface area contributed by atoms with Gasteiger partial charge in [0.2, 0.25) is 0 Å². The first-order valence-electron chi connectivity index (χ1n) is 8.38. The molecule has 0 aliphatic carbocycles. The Labute approximate surface area is 179 Å². The van der Waals surface area contributed by atoms with Crippen molar-refractivity contribution in [1.29, 1.82) is 0 Å². The van der Waals surface area contributed by atoms with Crippen LogP contribution in [0.3, 0.4) is 0 Å². The normalized spacial score (nSPS) is 16.4. The van der Waals surface area contributed by atoms with Crippen LogP contribution in [0.2, 0.25) is 0 Å². The highest BCUT2D eigenvalue weighted by molar-refractivity contribution is 9.10. The van der Waals surface area contributed by atoms with Crippen LogP contribution in [0.15, 0.2) is 39.7 Å². The summed E-state index contributed by atoms with van der Waals surface area (Å²) in [5.74, 6) is 1.92. The number of rotatable bonds is 3. The van der Waals surface area contributed by atoms with Gasteiger partial charge in [0.1, 0.15) is 29.1 Å². The summed E-state index contributed by atoms with van der Waals surface area (Å²) < 4.78 is 24.9. The van der Waals surface area contributed by atoms with E-state index in [9.17, 15) is 0 Å². The minimum Gasteiger partial charge on any atom is -0.495 e. The summed E-state index contributed by atoms with van der Waals surface area (Å²) in [7, 11) is 3.22. The fourth-order valence-corrected chi connectivity index (χ4v) is 3.45. The van der Waals surface area contributed by atoms with Crippen molar-refractivity contribution in [3.8, 4) is 11.5 Å². The van der Waals surface area contributed by atoms with Crippen LogP contribution >= 0.6 is 31.9 Å². The molecule has 0 radical (unpaired) electrons. The lowest BCUT2D eigenvalue weighted by Crippen LogP contribution is -2.22. The molecule has 10 heteroatoms. The molecular formula is C18H20Br2N4O4. The van der Waals surface area contributed by atoms with Gasteiger partial charge in [-0.3, -0.25) is 0 Å². The summed E-state index contributed by atoms with van der Waals surface area (Å²) in [6.07, 6.45) is 5.41. The number of nitrogen functional groups attached to an aromatic ring is 1. The van der Waals surface area contributed by atoms with Gasteiger partial charge in [0, 0.05) is 30.7 Å². The quantitative estimate of drug-likeness (QED) is 0.569. The molecule has 1 atom stereocenters. The molecule has 1 unspecified atom stereocenters. The van der Waals surface area contributed by atoms with Crippen molar-refractivity contribution in [2.75, 3.05) is 39.8 Å². The zero-order valence-electron chi connectivity index (χ0n) is 15.4. The molecule has 1 fully saturated rings. The van der Waals surface area contributed by atoms with Crippen LogP contribution in [0.1, 0.15) is 11.8 Å². The third-order valence-corrected chi connectivity index (χ3v) is 5.15. The largest absolute Gasteiger partial charge is 0.495 e. The lowest BCUT2D eigenvalue weighted by Gasteiger charge is -2.20. The molecule has 28 heavy (non-hydrogen) atoms. The summed E-state index contributed by atoms with van der Waals surface area (Å²) >= 11 is 6.70. The highest BCUT2D eigenvalue weighted by Gasteiger charge is 2.20. The number of pyridine rings is 2. The van der Waals surface area contributed by atoms with Gasteiger partial charge < -0.3 is 29.1 Å². The number of nitrogens with two attached hydrogens (primary N) is 1. The average Bonchev–Trinajstić information content (AvgIpc) is 3.13. The number of hydrogen-bond acceptors (Lipinski definition) is 7. The lowest BCUT2D eigenvalue weighted by molar-refractivity contribution is -0.0916.